The molecule has 248 valence electrons. The number of aliphatic hydroxyl groups is 2. The van der Waals surface area contributed by atoms with Crippen molar-refractivity contribution in [3.05, 3.63) is 71.6 Å². The molecular weight excluding hydrogens is 652 g/mol. The van der Waals surface area contributed by atoms with E-state index in [1.165, 1.54) is 0 Å². The van der Waals surface area contributed by atoms with Crippen molar-refractivity contribution in [3.8, 4) is 23.2 Å². The summed E-state index contributed by atoms with van der Waals surface area (Å²) in [6.07, 6.45) is 4.57. The molecule has 17 heteroatoms. The van der Waals surface area contributed by atoms with Crippen molar-refractivity contribution in [2.24, 2.45) is 0 Å². The van der Waals surface area contributed by atoms with Crippen molar-refractivity contribution >= 4 is 30.2 Å². The summed E-state index contributed by atoms with van der Waals surface area (Å²) in [6.45, 7) is 9.08. The first-order valence-corrected chi connectivity index (χ1v) is 15.7. The quantitative estimate of drug-likeness (QED) is 0.158. The summed E-state index contributed by atoms with van der Waals surface area (Å²) in [4.78, 5) is 12.0. The molecule has 4 aliphatic heterocycles. The van der Waals surface area contributed by atoms with Crippen LogP contribution in [0.15, 0.2) is 70.9 Å². The number of furan rings is 2. The van der Waals surface area contributed by atoms with Gasteiger partial charge in [-0.05, 0) is 48.7 Å². The van der Waals surface area contributed by atoms with Gasteiger partial charge in [0.15, 0.2) is 38.5 Å². The number of carbonyl (C=O) groups excluding carboxylic acids is 1. The molecule has 4 aromatic heterocycles. The van der Waals surface area contributed by atoms with Crippen LogP contribution >= 0.6 is 24.4 Å². The molecule has 4 bridgehead atoms. The van der Waals surface area contributed by atoms with Gasteiger partial charge in [0.05, 0.1) is 37.8 Å². The molecular formula is C30H32N6O9S2. The lowest BCUT2D eigenvalue weighted by molar-refractivity contribution is -0.315. The topological polar surface area (TPSA) is 166 Å². The second-order valence-electron chi connectivity index (χ2n) is 11.4. The van der Waals surface area contributed by atoms with Gasteiger partial charge in [0.25, 0.3) is 0 Å². The molecule has 0 spiro atoms. The summed E-state index contributed by atoms with van der Waals surface area (Å²) in [5.41, 5.74) is 0. The van der Waals surface area contributed by atoms with E-state index in [2.05, 4.69) is 23.4 Å². The summed E-state index contributed by atoms with van der Waals surface area (Å²) in [5, 5.41) is 29.4. The average Bonchev–Trinajstić information content (AvgIpc) is 3.89. The number of fused-ring (bicyclic) bond motifs is 4. The summed E-state index contributed by atoms with van der Waals surface area (Å²) < 4.78 is 40.5. The van der Waals surface area contributed by atoms with Gasteiger partial charge in [-0.2, -0.15) is 0 Å². The van der Waals surface area contributed by atoms with E-state index in [4.69, 9.17) is 52.2 Å². The van der Waals surface area contributed by atoms with Crippen LogP contribution < -0.4 is 0 Å². The highest BCUT2D eigenvalue weighted by molar-refractivity contribution is 7.71. The lowest BCUT2D eigenvalue weighted by atomic mass is 9.99. The Labute approximate surface area is 277 Å². The molecule has 4 saturated heterocycles. The minimum Gasteiger partial charge on any atom is -0.461 e. The third kappa shape index (κ3) is 5.72. The zero-order valence-corrected chi connectivity index (χ0v) is 26.6. The number of ketones is 1. The molecule has 0 aliphatic carbocycles. The predicted molar refractivity (Wildman–Crippen MR) is 167 cm³/mol. The Morgan fingerprint density at radius 2 is 1.43 bits per heavy atom. The van der Waals surface area contributed by atoms with E-state index in [1.807, 2.05) is 10.6 Å². The van der Waals surface area contributed by atoms with E-state index in [-0.39, 0.29) is 37.1 Å². The fourth-order valence-electron chi connectivity index (χ4n) is 6.13. The standard InChI is InChI=1S/C15H17N3O5S.C15H15N3O4S/c1-2-5-17-12(10-4-3-6-21-10)16-18(14(17)24)9-7-15(19,20)13-22-8-11(9)23-13;1-2-5-17-13(11-4-3-6-20-11)16-18(15(17)23)9-7-10(19)14-21-8-12(9)22-14/h2-4,6,9,11,13,19-20H,1,5,7-8H2;2-4,6,9,12,14H,1,5,7-8H2. The zero-order valence-electron chi connectivity index (χ0n) is 25.0. The fraction of sp³-hybridized carbons (Fsp3) is 0.433. The summed E-state index contributed by atoms with van der Waals surface area (Å²) in [6, 6.07) is 6.44. The van der Waals surface area contributed by atoms with Crippen molar-refractivity contribution < 1.29 is 42.8 Å². The Hall–Kier alpha value is -3.81. The molecule has 4 aromatic rings. The number of ether oxygens (including phenoxy) is 4. The molecule has 0 aromatic carbocycles. The lowest BCUT2D eigenvalue weighted by Crippen LogP contribution is -2.50. The first kappa shape index (κ1) is 31.8. The lowest BCUT2D eigenvalue weighted by Gasteiger charge is -2.36. The predicted octanol–water partition coefficient (Wildman–Crippen LogP) is 3.34. The Morgan fingerprint density at radius 3 is 1.98 bits per heavy atom. The molecule has 0 radical (unpaired) electrons. The molecule has 15 nitrogen and oxygen atoms in total. The van der Waals surface area contributed by atoms with Crippen molar-refractivity contribution in [1.29, 1.82) is 0 Å². The van der Waals surface area contributed by atoms with E-state index in [1.54, 1.807) is 56.8 Å². The molecule has 8 rings (SSSR count). The fourth-order valence-corrected chi connectivity index (χ4v) is 6.81. The number of Topliss-reactive ketones (excluding diaryl/α,β-unsaturated/α-hetero) is 1. The van der Waals surface area contributed by atoms with Crippen LogP contribution in [0.4, 0.5) is 0 Å². The van der Waals surface area contributed by atoms with E-state index in [0.717, 1.165) is 0 Å². The molecule has 0 saturated carbocycles. The number of nitrogens with zero attached hydrogens (tertiary/aromatic N) is 6. The Kier molecular flexibility index (Phi) is 8.56. The highest BCUT2D eigenvalue weighted by Crippen LogP contribution is 2.40. The Bertz CT molecular complexity index is 1890. The van der Waals surface area contributed by atoms with Gasteiger partial charge < -0.3 is 38.0 Å². The first-order chi connectivity index (χ1) is 22.7. The second-order valence-corrected chi connectivity index (χ2v) is 12.2. The number of hydrogen-bond donors (Lipinski definition) is 2. The first-order valence-electron chi connectivity index (χ1n) is 14.9. The van der Waals surface area contributed by atoms with Gasteiger partial charge in [-0.25, -0.2) is 9.36 Å². The molecule has 2 N–H and O–H groups in total. The van der Waals surface area contributed by atoms with E-state index >= 15 is 0 Å². The maximum atomic E-state index is 12.0. The number of aromatic nitrogens is 6. The molecule has 6 unspecified atom stereocenters. The van der Waals surface area contributed by atoms with Crippen LogP contribution in [0, 0.1) is 9.54 Å². The highest BCUT2D eigenvalue weighted by Gasteiger charge is 2.53. The SMILES string of the molecule is C=CCn1c(-c2ccco2)nn(C2CC(=O)C3OCC2O3)c1=S.C=CCn1c(-c2ccco2)nn(C2CC(O)(O)C3OCC2O3)c1=S. The van der Waals surface area contributed by atoms with Gasteiger partial charge in [0.1, 0.15) is 12.2 Å². The third-order valence-corrected chi connectivity index (χ3v) is 9.16. The van der Waals surface area contributed by atoms with Crippen LogP contribution in [0.3, 0.4) is 0 Å². The van der Waals surface area contributed by atoms with Crippen molar-refractivity contribution in [2.45, 2.75) is 68.6 Å². The van der Waals surface area contributed by atoms with E-state index < -0.39 is 24.4 Å². The average molecular weight is 685 g/mol. The van der Waals surface area contributed by atoms with Gasteiger partial charge in [-0.15, -0.1) is 23.4 Å². The van der Waals surface area contributed by atoms with Gasteiger partial charge in [-0.3, -0.25) is 13.9 Å². The maximum absolute atomic E-state index is 12.0. The van der Waals surface area contributed by atoms with Crippen LogP contribution in [0.2, 0.25) is 0 Å². The molecule has 0 amide bonds. The highest BCUT2D eigenvalue weighted by atomic mass is 32.1. The van der Waals surface area contributed by atoms with Gasteiger partial charge in [0, 0.05) is 25.9 Å². The van der Waals surface area contributed by atoms with Crippen molar-refractivity contribution in [2.75, 3.05) is 13.2 Å². The molecule has 6 atom stereocenters. The number of rotatable bonds is 8. The van der Waals surface area contributed by atoms with Crippen LogP contribution in [0.5, 0.6) is 0 Å². The Morgan fingerprint density at radius 1 is 0.872 bits per heavy atom. The molecule has 4 fully saturated rings. The second kappa shape index (κ2) is 12.7. The van der Waals surface area contributed by atoms with Crippen LogP contribution in [-0.4, -0.2) is 88.5 Å². The van der Waals surface area contributed by atoms with Crippen LogP contribution in [-0.2, 0) is 36.8 Å². The summed E-state index contributed by atoms with van der Waals surface area (Å²) in [7, 11) is 0. The molecule has 8 heterocycles. The Balaban J connectivity index is 0.000000150. The van der Waals surface area contributed by atoms with Gasteiger partial charge in [-0.1, -0.05) is 12.2 Å². The maximum Gasteiger partial charge on any atom is 0.218 e. The number of hydrogen-bond acceptors (Lipinski definition) is 13. The van der Waals surface area contributed by atoms with Gasteiger partial charge in [0.2, 0.25) is 18.4 Å². The van der Waals surface area contributed by atoms with E-state index in [9.17, 15) is 15.0 Å². The van der Waals surface area contributed by atoms with Crippen molar-refractivity contribution in [3.63, 3.8) is 0 Å². The van der Waals surface area contributed by atoms with E-state index in [0.29, 0.717) is 58.8 Å². The third-order valence-electron chi connectivity index (χ3n) is 8.34. The van der Waals surface area contributed by atoms with Crippen LogP contribution in [0.25, 0.3) is 23.2 Å². The zero-order chi connectivity index (χ0) is 32.9. The minimum atomic E-state index is -2.08. The largest absolute Gasteiger partial charge is 0.461 e. The monoisotopic (exact) mass is 684 g/mol. The summed E-state index contributed by atoms with van der Waals surface area (Å²) >= 11 is 11.1. The number of allylic oxidation sites excluding steroid dienone is 2. The van der Waals surface area contributed by atoms with Crippen LogP contribution in [0.1, 0.15) is 24.9 Å². The number of carbonyl (C=O) groups is 1. The molecule has 4 aliphatic rings. The smallest absolute Gasteiger partial charge is 0.218 e. The van der Waals surface area contributed by atoms with Crippen molar-refractivity contribution in [1.82, 2.24) is 28.7 Å². The van der Waals surface area contributed by atoms with Gasteiger partial charge >= 0.3 is 0 Å². The molecule has 47 heavy (non-hydrogen) atoms. The normalized spacial score (nSPS) is 27.4. The summed E-state index contributed by atoms with van der Waals surface area (Å²) in [5.74, 6) is 0.169. The minimum absolute atomic E-state index is 0.0132.